The van der Waals surface area contributed by atoms with Crippen LogP contribution in [0.4, 0.5) is 5.82 Å². The number of nitrogen functional groups attached to an aromatic ring is 1. The summed E-state index contributed by atoms with van der Waals surface area (Å²) >= 11 is 0. The molecule has 0 radical (unpaired) electrons. The van der Waals surface area contributed by atoms with Gasteiger partial charge in [0.25, 0.3) is 0 Å². The van der Waals surface area contributed by atoms with Crippen LogP contribution < -0.4 is 5.73 Å². The summed E-state index contributed by atoms with van der Waals surface area (Å²) in [5, 5.41) is 4.45. The second-order valence-electron chi connectivity index (χ2n) is 8.13. The maximum absolute atomic E-state index is 11.7. The van der Waals surface area contributed by atoms with Crippen LogP contribution in [0, 0.1) is 6.92 Å². The third-order valence-electron chi connectivity index (χ3n) is 5.78. The molecule has 0 aliphatic rings. The van der Waals surface area contributed by atoms with Gasteiger partial charge in [0.15, 0.2) is 15.5 Å². The Balaban J connectivity index is 1.52. The lowest BCUT2D eigenvalue weighted by Crippen LogP contribution is -2.08. The van der Waals surface area contributed by atoms with Gasteiger partial charge in [0.1, 0.15) is 5.82 Å². The number of anilines is 1. The Morgan fingerprint density at radius 3 is 2.41 bits per heavy atom. The van der Waals surface area contributed by atoms with Gasteiger partial charge < -0.3 is 5.73 Å². The maximum atomic E-state index is 11.7. The standard InChI is InChI=1S/C25H22N6O2S/c1-16-23(12-17-5-8-20(9-6-17)34(2,32)33)30-25-21(15-29-31(25)24(16)26)18-7-10-22(28-14-18)19-4-3-11-27-13-19/h3-11,13-15H,12,26H2,1-2H3. The molecule has 34 heavy (non-hydrogen) atoms. The molecule has 5 aromatic rings. The molecule has 4 aromatic heterocycles. The molecule has 0 unspecified atom stereocenters. The summed E-state index contributed by atoms with van der Waals surface area (Å²) in [6, 6.07) is 14.6. The molecule has 0 atom stereocenters. The molecule has 0 aliphatic heterocycles. The highest BCUT2D eigenvalue weighted by Crippen LogP contribution is 2.28. The van der Waals surface area contributed by atoms with Gasteiger partial charge in [-0.25, -0.2) is 13.4 Å². The van der Waals surface area contributed by atoms with E-state index in [2.05, 4.69) is 15.1 Å². The molecular formula is C25H22N6O2S. The van der Waals surface area contributed by atoms with E-state index in [4.69, 9.17) is 10.7 Å². The minimum Gasteiger partial charge on any atom is -0.383 e. The van der Waals surface area contributed by atoms with Crippen molar-refractivity contribution in [1.29, 1.82) is 0 Å². The fourth-order valence-electron chi connectivity index (χ4n) is 3.81. The summed E-state index contributed by atoms with van der Waals surface area (Å²) in [4.78, 5) is 13.9. The van der Waals surface area contributed by atoms with Gasteiger partial charge in [-0.05, 0) is 42.8 Å². The van der Waals surface area contributed by atoms with Crippen LogP contribution in [0.3, 0.4) is 0 Å². The monoisotopic (exact) mass is 470 g/mol. The third-order valence-corrected chi connectivity index (χ3v) is 6.91. The van der Waals surface area contributed by atoms with E-state index in [9.17, 15) is 8.42 Å². The quantitative estimate of drug-likeness (QED) is 0.416. The largest absolute Gasteiger partial charge is 0.383 e. The Hall–Kier alpha value is -4.11. The normalized spacial score (nSPS) is 11.7. The summed E-state index contributed by atoms with van der Waals surface area (Å²) in [6.07, 6.45) is 8.74. The zero-order valence-corrected chi connectivity index (χ0v) is 19.5. The fraction of sp³-hybridized carbons (Fsp3) is 0.120. The molecule has 0 aliphatic carbocycles. The predicted octanol–water partition coefficient (Wildman–Crippen LogP) is 3.74. The first-order valence-corrected chi connectivity index (χ1v) is 12.5. The van der Waals surface area contributed by atoms with Gasteiger partial charge in [0.05, 0.1) is 22.5 Å². The van der Waals surface area contributed by atoms with E-state index in [0.717, 1.165) is 39.2 Å². The lowest BCUT2D eigenvalue weighted by atomic mass is 10.1. The first-order valence-electron chi connectivity index (χ1n) is 10.6. The van der Waals surface area contributed by atoms with E-state index in [-0.39, 0.29) is 4.90 Å². The van der Waals surface area contributed by atoms with Crippen LogP contribution in [-0.4, -0.2) is 39.2 Å². The molecule has 8 nitrogen and oxygen atoms in total. The maximum Gasteiger partial charge on any atom is 0.175 e. The van der Waals surface area contributed by atoms with E-state index in [0.29, 0.717) is 17.9 Å². The van der Waals surface area contributed by atoms with Crippen LogP contribution in [0.2, 0.25) is 0 Å². The average molecular weight is 471 g/mol. The number of pyridine rings is 2. The number of rotatable bonds is 5. The van der Waals surface area contributed by atoms with Gasteiger partial charge in [-0.3, -0.25) is 9.97 Å². The smallest absolute Gasteiger partial charge is 0.175 e. The molecule has 0 amide bonds. The molecule has 0 spiro atoms. The molecule has 4 heterocycles. The van der Waals surface area contributed by atoms with Gasteiger partial charge in [-0.2, -0.15) is 9.61 Å². The van der Waals surface area contributed by atoms with Crippen molar-refractivity contribution in [1.82, 2.24) is 24.6 Å². The first-order chi connectivity index (χ1) is 16.3. The van der Waals surface area contributed by atoms with Gasteiger partial charge in [0, 0.05) is 53.5 Å². The number of hydrogen-bond donors (Lipinski definition) is 1. The summed E-state index contributed by atoms with van der Waals surface area (Å²) in [7, 11) is -3.24. The average Bonchev–Trinajstić information content (AvgIpc) is 3.27. The molecule has 0 saturated heterocycles. The van der Waals surface area contributed by atoms with Crippen LogP contribution in [0.5, 0.6) is 0 Å². The number of fused-ring (bicyclic) bond motifs is 1. The van der Waals surface area contributed by atoms with Crippen molar-refractivity contribution in [2.24, 2.45) is 0 Å². The minimum atomic E-state index is -3.24. The zero-order chi connectivity index (χ0) is 23.9. The number of benzene rings is 1. The Morgan fingerprint density at radius 2 is 1.76 bits per heavy atom. The lowest BCUT2D eigenvalue weighted by molar-refractivity contribution is 0.602. The van der Waals surface area contributed by atoms with E-state index >= 15 is 0 Å². The molecule has 2 N–H and O–H groups in total. The lowest BCUT2D eigenvalue weighted by Gasteiger charge is -2.11. The van der Waals surface area contributed by atoms with Crippen LogP contribution >= 0.6 is 0 Å². The molecule has 0 fully saturated rings. The van der Waals surface area contributed by atoms with E-state index in [1.54, 1.807) is 53.6 Å². The van der Waals surface area contributed by atoms with Gasteiger partial charge in [-0.1, -0.05) is 18.2 Å². The molecule has 0 saturated carbocycles. The molecular weight excluding hydrogens is 448 g/mol. The second-order valence-corrected chi connectivity index (χ2v) is 10.1. The van der Waals surface area contributed by atoms with Crippen LogP contribution in [-0.2, 0) is 16.3 Å². The first kappa shape index (κ1) is 21.7. The third kappa shape index (κ3) is 4.01. The highest BCUT2D eigenvalue weighted by Gasteiger charge is 2.16. The number of hydrogen-bond acceptors (Lipinski definition) is 7. The Morgan fingerprint density at radius 1 is 0.971 bits per heavy atom. The zero-order valence-electron chi connectivity index (χ0n) is 18.7. The summed E-state index contributed by atoms with van der Waals surface area (Å²) in [5.74, 6) is 0.513. The predicted molar refractivity (Wildman–Crippen MR) is 131 cm³/mol. The van der Waals surface area contributed by atoms with Gasteiger partial charge >= 0.3 is 0 Å². The molecule has 1 aromatic carbocycles. The molecule has 9 heteroatoms. The van der Waals surface area contributed by atoms with E-state index in [1.807, 2.05) is 31.2 Å². The van der Waals surface area contributed by atoms with Crippen LogP contribution in [0.1, 0.15) is 16.8 Å². The van der Waals surface area contributed by atoms with Crippen molar-refractivity contribution in [2.45, 2.75) is 18.2 Å². The number of aromatic nitrogens is 5. The minimum absolute atomic E-state index is 0.288. The number of sulfone groups is 1. The fourth-order valence-corrected chi connectivity index (χ4v) is 4.44. The van der Waals surface area contributed by atoms with Crippen LogP contribution in [0.15, 0.2) is 78.2 Å². The van der Waals surface area contributed by atoms with Crippen LogP contribution in [0.25, 0.3) is 28.0 Å². The van der Waals surface area contributed by atoms with E-state index in [1.165, 1.54) is 6.26 Å². The van der Waals surface area contributed by atoms with Crippen molar-refractivity contribution in [3.8, 4) is 22.4 Å². The molecule has 0 bridgehead atoms. The SMILES string of the molecule is Cc1c(Cc2ccc(S(C)(=O)=O)cc2)nc2c(-c3ccc(-c4cccnc4)nc3)cnn2c1N. The Kier molecular flexibility index (Phi) is 5.33. The van der Waals surface area contributed by atoms with Crippen molar-refractivity contribution in [3.63, 3.8) is 0 Å². The Bertz CT molecular complexity index is 1590. The molecule has 5 rings (SSSR count). The van der Waals surface area contributed by atoms with Crippen molar-refractivity contribution in [2.75, 3.05) is 12.0 Å². The van der Waals surface area contributed by atoms with Gasteiger partial charge in [-0.15, -0.1) is 0 Å². The second kappa shape index (κ2) is 8.35. The van der Waals surface area contributed by atoms with Crippen molar-refractivity contribution in [3.05, 3.63) is 90.1 Å². The van der Waals surface area contributed by atoms with Crippen molar-refractivity contribution >= 4 is 21.3 Å². The van der Waals surface area contributed by atoms with E-state index < -0.39 is 9.84 Å². The Labute approximate surface area is 197 Å². The summed E-state index contributed by atoms with van der Waals surface area (Å²) < 4.78 is 25.1. The topological polar surface area (TPSA) is 116 Å². The molecule has 170 valence electrons. The highest BCUT2D eigenvalue weighted by atomic mass is 32.2. The van der Waals surface area contributed by atoms with Crippen molar-refractivity contribution < 1.29 is 8.42 Å². The summed E-state index contributed by atoms with van der Waals surface area (Å²) in [6.45, 7) is 1.91. The highest BCUT2D eigenvalue weighted by molar-refractivity contribution is 7.90. The van der Waals surface area contributed by atoms with Gasteiger partial charge in [0.2, 0.25) is 0 Å². The summed E-state index contributed by atoms with van der Waals surface area (Å²) in [5.41, 5.74) is 13.1. The number of nitrogens with zero attached hydrogens (tertiary/aromatic N) is 5. The number of nitrogens with two attached hydrogens (primary N) is 1.